The number of morpholine rings is 1. The zero-order valence-electron chi connectivity index (χ0n) is 26.4. The number of hydrogen-bond donors (Lipinski definition) is 1. The molecule has 0 bridgehead atoms. The number of halogens is 4. The molecule has 1 aliphatic heterocycles. The molecule has 1 aromatic heterocycles. The summed E-state index contributed by atoms with van der Waals surface area (Å²) in [5.74, 6) is -1.29. The number of hydrogen-bond acceptors (Lipinski definition) is 10. The lowest BCUT2D eigenvalue weighted by atomic mass is 10.0. The zero-order valence-corrected chi connectivity index (χ0v) is 28.7. The van der Waals surface area contributed by atoms with Crippen molar-refractivity contribution in [1.29, 1.82) is 0 Å². The summed E-state index contributed by atoms with van der Waals surface area (Å²) in [6.45, 7) is -0.131. The Balaban J connectivity index is 1.47. The van der Waals surface area contributed by atoms with Crippen molar-refractivity contribution in [3.05, 3.63) is 80.7 Å². The molecular weight excluding hydrogens is 711 g/mol. The summed E-state index contributed by atoms with van der Waals surface area (Å²) in [4.78, 5) is 15.8. The maximum absolute atomic E-state index is 13.7. The van der Waals surface area contributed by atoms with Crippen molar-refractivity contribution >= 4 is 44.9 Å². The standard InChI is InChI=1S/C32H35Cl2F2N3O9S/c1-49(43,44)39(7-6-37-8-10-45-11-9-37)23-12-22(13-24(40)15-23)31(41)47-29(16-25-26(33)17-38(42)18-27(25)34)21-4-5-28(48-32(35)36)30(14-21)46-19-20-2-3-20/h4-5,12-15,17-18,20,29,32,40H,2-3,6-11,16,19H2,1H3. The Morgan fingerprint density at radius 3 is 2.45 bits per heavy atom. The van der Waals surface area contributed by atoms with Crippen LogP contribution >= 0.6 is 23.2 Å². The highest BCUT2D eigenvalue weighted by Gasteiger charge is 2.28. The van der Waals surface area contributed by atoms with Crippen LogP contribution in [0.1, 0.15) is 40.4 Å². The molecule has 1 atom stereocenters. The van der Waals surface area contributed by atoms with Gasteiger partial charge in [0.25, 0.3) is 0 Å². The fourth-order valence-corrected chi connectivity index (χ4v) is 6.76. The number of aromatic hydroxyl groups is 1. The van der Waals surface area contributed by atoms with E-state index in [-0.39, 0.29) is 75.2 Å². The van der Waals surface area contributed by atoms with Crippen LogP contribution in [-0.4, -0.2) is 83.3 Å². The number of pyridine rings is 1. The van der Waals surface area contributed by atoms with E-state index in [1.807, 2.05) is 4.90 Å². The van der Waals surface area contributed by atoms with Crippen LogP contribution in [0.3, 0.4) is 0 Å². The van der Waals surface area contributed by atoms with Crippen molar-refractivity contribution in [2.75, 3.05) is 56.6 Å². The number of alkyl halides is 2. The minimum atomic E-state index is -3.85. The summed E-state index contributed by atoms with van der Waals surface area (Å²) in [5.41, 5.74) is 0.406. The summed E-state index contributed by atoms with van der Waals surface area (Å²) >= 11 is 12.7. The molecule has 1 unspecified atom stereocenters. The van der Waals surface area contributed by atoms with Gasteiger partial charge in [-0.2, -0.15) is 13.5 Å². The number of phenols is 1. The number of sulfonamides is 1. The third-order valence-electron chi connectivity index (χ3n) is 7.97. The van der Waals surface area contributed by atoms with Gasteiger partial charge in [0.1, 0.15) is 21.9 Å². The minimum absolute atomic E-state index is 0.00268. The second kappa shape index (κ2) is 15.9. The van der Waals surface area contributed by atoms with E-state index in [0.717, 1.165) is 41.9 Å². The lowest BCUT2D eigenvalue weighted by Crippen LogP contribution is -2.43. The monoisotopic (exact) mass is 745 g/mol. The number of carbonyl (C=O) groups excluding carboxylic acids is 1. The SMILES string of the molecule is CS(=O)(=O)N(CCN1CCOCC1)c1cc(O)cc(C(=O)OC(Cc2c(Cl)c[n+]([O-])cc2Cl)c2ccc(OC(F)F)c(OCC3CC3)c2)c1. The van der Waals surface area contributed by atoms with Gasteiger partial charge in [-0.05, 0) is 48.6 Å². The molecule has 49 heavy (non-hydrogen) atoms. The first-order valence-electron chi connectivity index (χ1n) is 15.4. The molecule has 1 saturated carbocycles. The number of nitrogens with zero attached hydrogens (tertiary/aromatic N) is 3. The number of phenolic OH excluding ortho intramolecular Hbond substituents is 1. The maximum Gasteiger partial charge on any atom is 0.387 e. The fourth-order valence-electron chi connectivity index (χ4n) is 5.26. The molecule has 5 rings (SSSR count). The highest BCUT2D eigenvalue weighted by molar-refractivity contribution is 7.92. The number of ether oxygens (including phenoxy) is 4. The van der Waals surface area contributed by atoms with Crippen LogP contribution in [0.25, 0.3) is 0 Å². The van der Waals surface area contributed by atoms with Crippen LogP contribution in [0, 0.1) is 11.1 Å². The van der Waals surface area contributed by atoms with Crippen molar-refractivity contribution in [2.24, 2.45) is 5.92 Å². The molecule has 12 nitrogen and oxygen atoms in total. The van der Waals surface area contributed by atoms with Crippen LogP contribution in [0.15, 0.2) is 48.8 Å². The van der Waals surface area contributed by atoms with Gasteiger partial charge in [0.05, 0.1) is 37.3 Å². The van der Waals surface area contributed by atoms with Gasteiger partial charge < -0.3 is 29.3 Å². The molecule has 3 aromatic rings. The summed E-state index contributed by atoms with van der Waals surface area (Å²) in [7, 11) is -3.85. The van der Waals surface area contributed by atoms with Gasteiger partial charge in [-0.3, -0.25) is 9.21 Å². The highest BCUT2D eigenvalue weighted by atomic mass is 35.5. The third kappa shape index (κ3) is 10.2. The summed E-state index contributed by atoms with van der Waals surface area (Å²) in [6, 6.07) is 7.70. The quantitative estimate of drug-likeness (QED) is 0.129. The Bertz CT molecular complexity index is 1740. The molecule has 2 aliphatic rings. The van der Waals surface area contributed by atoms with Gasteiger partial charge in [0, 0.05) is 44.2 Å². The van der Waals surface area contributed by atoms with Gasteiger partial charge in [0.15, 0.2) is 23.9 Å². The fraction of sp³-hybridized carbons (Fsp3) is 0.438. The molecule has 1 N–H and O–H groups in total. The molecule has 1 aliphatic carbocycles. The van der Waals surface area contributed by atoms with Crippen molar-refractivity contribution in [3.63, 3.8) is 0 Å². The molecule has 0 amide bonds. The number of aromatic nitrogens is 1. The van der Waals surface area contributed by atoms with Gasteiger partial charge in [0.2, 0.25) is 10.0 Å². The van der Waals surface area contributed by atoms with Crippen molar-refractivity contribution in [3.8, 4) is 17.2 Å². The van der Waals surface area contributed by atoms with Crippen LogP contribution in [0.5, 0.6) is 17.2 Å². The average Bonchev–Trinajstić information content (AvgIpc) is 3.86. The molecule has 17 heteroatoms. The zero-order chi connectivity index (χ0) is 35.3. The lowest BCUT2D eigenvalue weighted by Gasteiger charge is -2.30. The lowest BCUT2D eigenvalue weighted by molar-refractivity contribution is -0.605. The predicted molar refractivity (Wildman–Crippen MR) is 176 cm³/mol. The number of esters is 1. The van der Waals surface area contributed by atoms with E-state index in [2.05, 4.69) is 4.74 Å². The first kappa shape index (κ1) is 36.6. The van der Waals surface area contributed by atoms with E-state index in [4.69, 9.17) is 37.4 Å². The second-order valence-corrected chi connectivity index (χ2v) is 14.5. The maximum atomic E-state index is 13.7. The Morgan fingerprint density at radius 1 is 1.12 bits per heavy atom. The molecule has 0 spiro atoms. The van der Waals surface area contributed by atoms with E-state index in [0.29, 0.717) is 37.6 Å². The summed E-state index contributed by atoms with van der Waals surface area (Å²) < 4.78 is 75.3. The van der Waals surface area contributed by atoms with E-state index in [1.54, 1.807) is 0 Å². The van der Waals surface area contributed by atoms with Crippen molar-refractivity contribution in [1.82, 2.24) is 4.90 Å². The van der Waals surface area contributed by atoms with Crippen LogP contribution < -0.4 is 18.5 Å². The van der Waals surface area contributed by atoms with E-state index in [9.17, 15) is 32.3 Å². The van der Waals surface area contributed by atoms with Crippen LogP contribution in [0.2, 0.25) is 10.0 Å². The first-order valence-corrected chi connectivity index (χ1v) is 18.0. The van der Waals surface area contributed by atoms with Crippen LogP contribution in [-0.2, 0) is 25.9 Å². The van der Waals surface area contributed by atoms with E-state index < -0.39 is 28.7 Å². The number of anilines is 1. The van der Waals surface area contributed by atoms with E-state index >= 15 is 0 Å². The van der Waals surface area contributed by atoms with Gasteiger partial charge in [-0.15, -0.1) is 0 Å². The minimum Gasteiger partial charge on any atom is -0.619 e. The van der Waals surface area contributed by atoms with Crippen LogP contribution in [0.4, 0.5) is 14.5 Å². The Hall–Kier alpha value is -3.63. The summed E-state index contributed by atoms with van der Waals surface area (Å²) in [6.07, 6.45) is 3.69. The largest absolute Gasteiger partial charge is 0.619 e. The number of rotatable bonds is 15. The summed E-state index contributed by atoms with van der Waals surface area (Å²) in [5, 5.41) is 22.5. The Morgan fingerprint density at radius 2 is 1.82 bits per heavy atom. The molecule has 0 radical (unpaired) electrons. The van der Waals surface area contributed by atoms with Crippen molar-refractivity contribution in [2.45, 2.75) is 32.0 Å². The average molecular weight is 747 g/mol. The van der Waals surface area contributed by atoms with Gasteiger partial charge in [-0.1, -0.05) is 29.3 Å². The molecule has 2 fully saturated rings. The van der Waals surface area contributed by atoms with E-state index in [1.165, 1.54) is 30.3 Å². The normalized spacial score (nSPS) is 16.0. The van der Waals surface area contributed by atoms with Gasteiger partial charge >= 0.3 is 12.6 Å². The first-order chi connectivity index (χ1) is 23.3. The second-order valence-electron chi connectivity index (χ2n) is 11.8. The Kier molecular flexibility index (Phi) is 11.9. The topological polar surface area (TPSA) is 142 Å². The molecule has 2 heterocycles. The van der Waals surface area contributed by atoms with Crippen molar-refractivity contribution < 1.29 is 50.8 Å². The third-order valence-corrected chi connectivity index (χ3v) is 9.82. The highest BCUT2D eigenvalue weighted by Crippen LogP contribution is 2.38. The predicted octanol–water partition coefficient (Wildman–Crippen LogP) is 4.96. The molecule has 2 aromatic carbocycles. The number of benzene rings is 2. The Labute approximate surface area is 292 Å². The molecule has 266 valence electrons. The molecular formula is C32H35Cl2F2N3O9S. The number of carbonyl (C=O) groups is 1. The van der Waals surface area contributed by atoms with Gasteiger partial charge in [-0.25, -0.2) is 13.2 Å². The molecule has 1 saturated heterocycles. The smallest absolute Gasteiger partial charge is 0.387 e.